The molecule has 0 saturated heterocycles. The van der Waals surface area contributed by atoms with Crippen LogP contribution in [0.5, 0.6) is 11.5 Å². The van der Waals surface area contributed by atoms with Gasteiger partial charge in [-0.25, -0.2) is 13.6 Å². The molecule has 1 aromatic heterocycles. The standard InChI is InChI=1S/C33H36F2N2O5/c1-8-18(2)11-19-12-26-22(16-25(19)36)29(30-27(41-6)13-20(32(38)39)14-28(30)42-7)31(33(3,4)17-40-5)37(26)21-9-10-23(34)24(35)15-21/h9-16H,8,17,36H2,1-7H3,(H,38,39). The van der Waals surface area contributed by atoms with E-state index in [-0.39, 0.29) is 23.7 Å². The second kappa shape index (κ2) is 11.9. The molecule has 42 heavy (non-hydrogen) atoms. The van der Waals surface area contributed by atoms with Gasteiger partial charge in [-0.15, -0.1) is 0 Å². The van der Waals surface area contributed by atoms with Crippen LogP contribution in [-0.4, -0.2) is 43.6 Å². The van der Waals surface area contributed by atoms with Gasteiger partial charge in [0, 0.05) is 46.6 Å². The lowest BCUT2D eigenvalue weighted by Crippen LogP contribution is -2.27. The predicted molar refractivity (Wildman–Crippen MR) is 162 cm³/mol. The van der Waals surface area contributed by atoms with Crippen LogP contribution in [0.2, 0.25) is 0 Å². The van der Waals surface area contributed by atoms with Crippen molar-refractivity contribution in [3.8, 4) is 28.3 Å². The number of hydrogen-bond donors (Lipinski definition) is 2. The molecule has 0 fully saturated rings. The zero-order valence-electron chi connectivity index (χ0n) is 24.9. The number of nitrogen functional groups attached to an aromatic ring is 1. The van der Waals surface area contributed by atoms with Crippen LogP contribution in [0.25, 0.3) is 33.8 Å². The summed E-state index contributed by atoms with van der Waals surface area (Å²) < 4.78 is 47.9. The fourth-order valence-corrected chi connectivity index (χ4v) is 5.36. The van der Waals surface area contributed by atoms with Crippen molar-refractivity contribution in [2.24, 2.45) is 0 Å². The number of aromatic carboxylic acids is 1. The van der Waals surface area contributed by atoms with Crippen molar-refractivity contribution >= 4 is 28.6 Å². The second-order valence-electron chi connectivity index (χ2n) is 10.9. The Morgan fingerprint density at radius 2 is 1.64 bits per heavy atom. The van der Waals surface area contributed by atoms with Gasteiger partial charge < -0.3 is 29.6 Å². The quantitative estimate of drug-likeness (QED) is 0.188. The molecule has 7 nitrogen and oxygen atoms in total. The maximum atomic E-state index is 14.8. The summed E-state index contributed by atoms with van der Waals surface area (Å²) in [5, 5.41) is 10.4. The van der Waals surface area contributed by atoms with E-state index in [0.29, 0.717) is 39.1 Å². The molecule has 3 N–H and O–H groups in total. The molecule has 4 rings (SSSR count). The zero-order valence-corrected chi connectivity index (χ0v) is 24.9. The predicted octanol–water partition coefficient (Wildman–Crippen LogP) is 7.61. The maximum Gasteiger partial charge on any atom is 0.335 e. The molecule has 3 aromatic carbocycles. The molecular weight excluding hydrogens is 542 g/mol. The first-order valence-corrected chi connectivity index (χ1v) is 13.5. The van der Waals surface area contributed by atoms with Gasteiger partial charge in [0.25, 0.3) is 0 Å². The Morgan fingerprint density at radius 1 is 1.00 bits per heavy atom. The van der Waals surface area contributed by atoms with Gasteiger partial charge in [0.2, 0.25) is 0 Å². The highest BCUT2D eigenvalue weighted by Crippen LogP contribution is 2.50. The molecule has 0 aliphatic rings. The Labute approximate surface area is 244 Å². The average Bonchev–Trinajstić information content (AvgIpc) is 3.27. The molecule has 9 heteroatoms. The fraction of sp³-hybridized carbons (Fsp3) is 0.303. The number of carboxylic acids is 1. The number of anilines is 1. The highest BCUT2D eigenvalue weighted by molar-refractivity contribution is 6.06. The summed E-state index contributed by atoms with van der Waals surface area (Å²) in [6, 6.07) is 10.4. The number of allylic oxidation sites excluding steroid dienone is 1. The number of carbonyl (C=O) groups is 1. The van der Waals surface area contributed by atoms with E-state index in [1.54, 1.807) is 7.11 Å². The minimum absolute atomic E-state index is 0.0172. The Hall–Kier alpha value is -4.37. The van der Waals surface area contributed by atoms with Gasteiger partial charge in [-0.2, -0.15) is 0 Å². The second-order valence-corrected chi connectivity index (χ2v) is 10.9. The topological polar surface area (TPSA) is 95.9 Å². The van der Waals surface area contributed by atoms with E-state index in [1.165, 1.54) is 32.4 Å². The van der Waals surface area contributed by atoms with Crippen LogP contribution in [0.3, 0.4) is 0 Å². The van der Waals surface area contributed by atoms with E-state index < -0.39 is 23.0 Å². The summed E-state index contributed by atoms with van der Waals surface area (Å²) >= 11 is 0. The van der Waals surface area contributed by atoms with Crippen LogP contribution in [0.4, 0.5) is 14.5 Å². The van der Waals surface area contributed by atoms with Crippen LogP contribution in [0, 0.1) is 11.6 Å². The number of hydrogen-bond acceptors (Lipinski definition) is 5. The van der Waals surface area contributed by atoms with Gasteiger partial charge in [0.05, 0.1) is 37.5 Å². The fourth-order valence-electron chi connectivity index (χ4n) is 5.36. The zero-order chi connectivity index (χ0) is 30.9. The van der Waals surface area contributed by atoms with E-state index in [4.69, 9.17) is 19.9 Å². The lowest BCUT2D eigenvalue weighted by molar-refractivity contribution is 0.0696. The number of nitrogens with zero attached hydrogens (tertiary/aromatic N) is 1. The van der Waals surface area contributed by atoms with E-state index >= 15 is 0 Å². The van der Waals surface area contributed by atoms with Gasteiger partial charge in [0.1, 0.15) is 11.5 Å². The molecule has 222 valence electrons. The van der Waals surface area contributed by atoms with Crippen LogP contribution in [0.15, 0.2) is 48.0 Å². The lowest BCUT2D eigenvalue weighted by Gasteiger charge is -2.29. The van der Waals surface area contributed by atoms with Crippen LogP contribution < -0.4 is 15.2 Å². The normalized spacial score (nSPS) is 12.2. The molecule has 0 bridgehead atoms. The van der Waals surface area contributed by atoms with E-state index in [0.717, 1.165) is 29.7 Å². The first-order chi connectivity index (χ1) is 19.9. The third-order valence-electron chi connectivity index (χ3n) is 7.44. The Kier molecular flexibility index (Phi) is 8.63. The summed E-state index contributed by atoms with van der Waals surface area (Å²) in [5.74, 6) is -2.59. The van der Waals surface area contributed by atoms with Crippen molar-refractivity contribution in [1.82, 2.24) is 4.57 Å². The Balaban J connectivity index is 2.32. The van der Waals surface area contributed by atoms with E-state index in [2.05, 4.69) is 0 Å². The van der Waals surface area contributed by atoms with Crippen molar-refractivity contribution in [3.05, 3.63) is 76.5 Å². The van der Waals surface area contributed by atoms with Crippen molar-refractivity contribution < 1.29 is 32.9 Å². The molecule has 0 spiro atoms. The minimum Gasteiger partial charge on any atom is -0.496 e. The van der Waals surface area contributed by atoms with Crippen molar-refractivity contribution in [2.75, 3.05) is 33.7 Å². The Bertz CT molecular complexity index is 1680. The molecule has 0 unspecified atom stereocenters. The van der Waals surface area contributed by atoms with E-state index in [9.17, 15) is 18.7 Å². The number of rotatable bonds is 10. The van der Waals surface area contributed by atoms with Gasteiger partial charge in [-0.05, 0) is 55.3 Å². The molecule has 4 aromatic rings. The maximum absolute atomic E-state index is 14.8. The molecule has 1 heterocycles. The highest BCUT2D eigenvalue weighted by atomic mass is 19.2. The summed E-state index contributed by atoms with van der Waals surface area (Å²) in [6.45, 7) is 8.26. The monoisotopic (exact) mass is 578 g/mol. The molecule has 0 saturated carbocycles. The average molecular weight is 579 g/mol. The Morgan fingerprint density at radius 3 is 2.17 bits per heavy atom. The summed E-state index contributed by atoms with van der Waals surface area (Å²) in [4.78, 5) is 11.9. The number of carboxylic acid groups (broad SMARTS) is 1. The highest BCUT2D eigenvalue weighted by Gasteiger charge is 2.35. The number of benzene rings is 3. The largest absolute Gasteiger partial charge is 0.496 e. The summed E-state index contributed by atoms with van der Waals surface area (Å²) in [7, 11) is 4.48. The number of aromatic nitrogens is 1. The van der Waals surface area contributed by atoms with E-state index in [1.807, 2.05) is 50.5 Å². The van der Waals surface area contributed by atoms with Gasteiger partial charge in [0.15, 0.2) is 11.6 Å². The van der Waals surface area contributed by atoms with Crippen LogP contribution in [-0.2, 0) is 10.2 Å². The van der Waals surface area contributed by atoms with Gasteiger partial charge >= 0.3 is 5.97 Å². The smallest absolute Gasteiger partial charge is 0.335 e. The third kappa shape index (κ3) is 5.44. The SMILES string of the molecule is CCC(C)=Cc1cc2c(cc1N)c(-c1c(OC)cc(C(=O)O)cc1OC)c(C(C)(C)COC)n2-c1ccc(F)c(F)c1. The number of nitrogens with two attached hydrogens (primary N) is 1. The molecule has 0 aliphatic carbocycles. The summed E-state index contributed by atoms with van der Waals surface area (Å²) in [6.07, 6.45) is 2.82. The van der Waals surface area contributed by atoms with Crippen molar-refractivity contribution in [1.29, 1.82) is 0 Å². The lowest BCUT2D eigenvalue weighted by atomic mass is 9.84. The first kappa shape index (κ1) is 30.6. The van der Waals surface area contributed by atoms with Crippen LogP contribution >= 0.6 is 0 Å². The summed E-state index contributed by atoms with van der Waals surface area (Å²) in [5.41, 5.74) is 11.1. The van der Waals surface area contributed by atoms with Crippen molar-refractivity contribution in [3.63, 3.8) is 0 Å². The number of fused-ring (bicyclic) bond motifs is 1. The van der Waals surface area contributed by atoms with Gasteiger partial charge in [-0.3, -0.25) is 0 Å². The molecular formula is C33H36F2N2O5. The minimum atomic E-state index is -1.14. The van der Waals surface area contributed by atoms with Gasteiger partial charge in [-0.1, -0.05) is 32.4 Å². The van der Waals surface area contributed by atoms with Crippen LogP contribution in [0.1, 0.15) is 55.7 Å². The third-order valence-corrected chi connectivity index (χ3v) is 7.44. The molecule has 0 aliphatic heterocycles. The number of ether oxygens (including phenoxy) is 3. The number of methoxy groups -OCH3 is 3. The first-order valence-electron chi connectivity index (χ1n) is 13.5. The molecule has 0 radical (unpaired) electrons. The number of halogens is 2. The molecule has 0 amide bonds. The molecule has 0 atom stereocenters. The van der Waals surface area contributed by atoms with Crippen molar-refractivity contribution in [2.45, 2.75) is 39.5 Å².